The molecule has 4 heterocycles. The van der Waals surface area contributed by atoms with Crippen LogP contribution < -0.4 is 4.74 Å². The monoisotopic (exact) mass is 406 g/mol. The number of fused-ring (bicyclic) bond motifs is 2. The molecule has 0 saturated carbocycles. The van der Waals surface area contributed by atoms with Crippen molar-refractivity contribution in [3.63, 3.8) is 0 Å². The molecule has 0 spiro atoms. The predicted octanol–water partition coefficient (Wildman–Crippen LogP) is 2.38. The SMILES string of the molecule is Cc1ncnc2c1ccn2[C@@H]1O[C@H](COc2ccc3cccnc3c2)[C@@](C)(O)[C@H]1O. The summed E-state index contributed by atoms with van der Waals surface area (Å²) in [5, 5.41) is 23.7. The minimum atomic E-state index is -1.50. The minimum absolute atomic E-state index is 0.0755. The fraction of sp³-hybridized carbons (Fsp3) is 0.318. The molecular formula is C22H22N4O4. The third-order valence-corrected chi connectivity index (χ3v) is 5.79. The molecule has 2 N–H and O–H groups in total. The smallest absolute Gasteiger partial charge is 0.164 e. The van der Waals surface area contributed by atoms with E-state index in [0.29, 0.717) is 11.4 Å². The van der Waals surface area contributed by atoms with Crippen molar-refractivity contribution in [2.75, 3.05) is 6.61 Å². The fourth-order valence-corrected chi connectivity index (χ4v) is 3.90. The Balaban J connectivity index is 1.38. The summed E-state index contributed by atoms with van der Waals surface area (Å²) in [5.74, 6) is 0.619. The zero-order chi connectivity index (χ0) is 20.9. The molecule has 0 bridgehead atoms. The fourth-order valence-electron chi connectivity index (χ4n) is 3.90. The topological polar surface area (TPSA) is 103 Å². The number of hydrogen-bond acceptors (Lipinski definition) is 7. The first-order valence-corrected chi connectivity index (χ1v) is 9.77. The number of hydrogen-bond donors (Lipinski definition) is 2. The highest BCUT2D eigenvalue weighted by Crippen LogP contribution is 2.39. The highest BCUT2D eigenvalue weighted by atomic mass is 16.6. The summed E-state index contributed by atoms with van der Waals surface area (Å²) in [4.78, 5) is 12.8. The Hall–Kier alpha value is -3.07. The maximum Gasteiger partial charge on any atom is 0.164 e. The van der Waals surface area contributed by atoms with E-state index < -0.39 is 24.0 Å². The summed E-state index contributed by atoms with van der Waals surface area (Å²) in [5.41, 5.74) is 0.798. The molecule has 8 nitrogen and oxygen atoms in total. The van der Waals surface area contributed by atoms with Crippen LogP contribution in [0.4, 0.5) is 0 Å². The number of pyridine rings is 1. The molecule has 154 valence electrons. The third-order valence-electron chi connectivity index (χ3n) is 5.79. The van der Waals surface area contributed by atoms with Gasteiger partial charge in [-0.15, -0.1) is 0 Å². The van der Waals surface area contributed by atoms with Gasteiger partial charge in [0.2, 0.25) is 0 Å². The van der Waals surface area contributed by atoms with Crippen LogP contribution in [-0.2, 0) is 4.74 Å². The molecule has 0 amide bonds. The van der Waals surface area contributed by atoms with Crippen molar-refractivity contribution in [2.24, 2.45) is 0 Å². The number of nitrogens with zero attached hydrogens (tertiary/aromatic N) is 4. The first kappa shape index (κ1) is 18.9. The first-order chi connectivity index (χ1) is 14.4. The van der Waals surface area contributed by atoms with Gasteiger partial charge in [0.05, 0.1) is 11.2 Å². The average molecular weight is 406 g/mol. The van der Waals surface area contributed by atoms with Crippen LogP contribution in [0.5, 0.6) is 5.75 Å². The molecule has 1 aliphatic rings. The summed E-state index contributed by atoms with van der Waals surface area (Å²) < 4.78 is 13.7. The zero-order valence-corrected chi connectivity index (χ0v) is 16.6. The molecular weight excluding hydrogens is 384 g/mol. The van der Waals surface area contributed by atoms with Crippen LogP contribution in [0.25, 0.3) is 21.9 Å². The largest absolute Gasteiger partial charge is 0.491 e. The van der Waals surface area contributed by atoms with E-state index in [2.05, 4.69) is 15.0 Å². The van der Waals surface area contributed by atoms with E-state index in [0.717, 1.165) is 22.0 Å². The van der Waals surface area contributed by atoms with E-state index in [9.17, 15) is 10.2 Å². The third kappa shape index (κ3) is 3.00. The molecule has 1 fully saturated rings. The standard InChI is InChI=1S/C22H22N4O4/c1-13-16-7-9-26(20(16)25-12-24-13)21-19(27)22(2,28)18(30-21)11-29-15-6-5-14-4-3-8-23-17(14)10-15/h3-10,12,18-19,21,27-28H,11H2,1-2H3/t18-,19+,21-,22-/m1/s1. The molecule has 1 aromatic carbocycles. The number of aryl methyl sites for hydroxylation is 1. The summed E-state index contributed by atoms with van der Waals surface area (Å²) >= 11 is 0. The van der Waals surface area contributed by atoms with Gasteiger partial charge in [-0.2, -0.15) is 0 Å². The lowest BCUT2D eigenvalue weighted by atomic mass is 9.95. The first-order valence-electron chi connectivity index (χ1n) is 9.77. The number of ether oxygens (including phenoxy) is 2. The van der Waals surface area contributed by atoms with Crippen molar-refractivity contribution in [3.8, 4) is 5.75 Å². The number of rotatable bonds is 4. The molecule has 3 aromatic heterocycles. The van der Waals surface area contributed by atoms with Gasteiger partial charge >= 0.3 is 0 Å². The van der Waals surface area contributed by atoms with Crippen LogP contribution in [0, 0.1) is 6.92 Å². The van der Waals surface area contributed by atoms with Gasteiger partial charge < -0.3 is 24.3 Å². The van der Waals surface area contributed by atoms with Gasteiger partial charge in [-0.3, -0.25) is 4.98 Å². The van der Waals surface area contributed by atoms with E-state index in [1.165, 1.54) is 6.33 Å². The Bertz CT molecular complexity index is 1220. The van der Waals surface area contributed by atoms with E-state index >= 15 is 0 Å². The van der Waals surface area contributed by atoms with Crippen LogP contribution in [0.2, 0.25) is 0 Å². The van der Waals surface area contributed by atoms with E-state index in [1.54, 1.807) is 23.9 Å². The van der Waals surface area contributed by atoms with E-state index in [4.69, 9.17) is 9.47 Å². The van der Waals surface area contributed by atoms with Gasteiger partial charge in [0.25, 0.3) is 0 Å². The second kappa shape index (κ2) is 7.02. The molecule has 0 aliphatic carbocycles. The molecule has 5 rings (SSSR count). The lowest BCUT2D eigenvalue weighted by molar-refractivity contribution is -0.0765. The van der Waals surface area contributed by atoms with Crippen molar-refractivity contribution in [1.82, 2.24) is 19.5 Å². The van der Waals surface area contributed by atoms with Crippen LogP contribution in [0.1, 0.15) is 18.8 Å². The maximum absolute atomic E-state index is 11.0. The predicted molar refractivity (Wildman–Crippen MR) is 110 cm³/mol. The molecule has 0 radical (unpaired) electrons. The number of aliphatic hydroxyl groups is 2. The van der Waals surface area contributed by atoms with Crippen LogP contribution in [-0.4, -0.2) is 54.1 Å². The van der Waals surface area contributed by atoms with Crippen molar-refractivity contribution in [3.05, 3.63) is 60.8 Å². The van der Waals surface area contributed by atoms with Gasteiger partial charge in [-0.25, -0.2) is 9.97 Å². The Morgan fingerprint density at radius 1 is 1.20 bits per heavy atom. The van der Waals surface area contributed by atoms with Crippen molar-refractivity contribution in [2.45, 2.75) is 37.9 Å². The minimum Gasteiger partial charge on any atom is -0.491 e. The van der Waals surface area contributed by atoms with Crippen molar-refractivity contribution in [1.29, 1.82) is 0 Å². The highest BCUT2D eigenvalue weighted by molar-refractivity contribution is 5.79. The lowest BCUT2D eigenvalue weighted by Gasteiger charge is -2.26. The Kier molecular flexibility index (Phi) is 4.43. The van der Waals surface area contributed by atoms with Gasteiger partial charge in [0.1, 0.15) is 42.1 Å². The number of aromatic nitrogens is 4. The Morgan fingerprint density at radius 2 is 2.07 bits per heavy atom. The van der Waals surface area contributed by atoms with Crippen LogP contribution in [0.3, 0.4) is 0 Å². The van der Waals surface area contributed by atoms with Crippen LogP contribution >= 0.6 is 0 Å². The zero-order valence-electron chi connectivity index (χ0n) is 16.6. The number of aliphatic hydroxyl groups excluding tert-OH is 1. The Morgan fingerprint density at radius 3 is 2.93 bits per heavy atom. The summed E-state index contributed by atoms with van der Waals surface area (Å²) in [7, 11) is 0. The van der Waals surface area contributed by atoms with Gasteiger partial charge in [0.15, 0.2) is 6.23 Å². The normalized spacial score (nSPS) is 26.5. The molecule has 4 atom stereocenters. The molecule has 1 saturated heterocycles. The van der Waals surface area contributed by atoms with Gasteiger partial charge in [-0.05, 0) is 38.1 Å². The summed E-state index contributed by atoms with van der Waals surface area (Å²) in [6, 6.07) is 11.3. The van der Waals surface area contributed by atoms with E-state index in [1.807, 2.05) is 43.3 Å². The van der Waals surface area contributed by atoms with Crippen molar-refractivity contribution < 1.29 is 19.7 Å². The molecule has 4 aromatic rings. The van der Waals surface area contributed by atoms with Gasteiger partial charge in [-0.1, -0.05) is 6.07 Å². The second-order valence-corrected chi connectivity index (χ2v) is 7.77. The maximum atomic E-state index is 11.0. The van der Waals surface area contributed by atoms with Crippen LogP contribution in [0.15, 0.2) is 55.1 Å². The van der Waals surface area contributed by atoms with E-state index in [-0.39, 0.29) is 6.61 Å². The highest BCUT2D eigenvalue weighted by Gasteiger charge is 2.53. The Labute approximate surface area is 172 Å². The van der Waals surface area contributed by atoms with Crippen molar-refractivity contribution >= 4 is 21.9 Å². The second-order valence-electron chi connectivity index (χ2n) is 7.77. The molecule has 30 heavy (non-hydrogen) atoms. The number of benzene rings is 1. The lowest BCUT2D eigenvalue weighted by Crippen LogP contribution is -2.47. The molecule has 8 heteroatoms. The quantitative estimate of drug-likeness (QED) is 0.536. The van der Waals surface area contributed by atoms with Gasteiger partial charge in [0, 0.05) is 29.2 Å². The molecule has 1 aliphatic heterocycles. The average Bonchev–Trinajstić information content (AvgIpc) is 3.27. The molecule has 0 unspecified atom stereocenters. The summed E-state index contributed by atoms with van der Waals surface area (Å²) in [6.45, 7) is 3.52. The summed E-state index contributed by atoms with van der Waals surface area (Å²) in [6.07, 6.45) is 2.30.